The van der Waals surface area contributed by atoms with E-state index in [0.717, 1.165) is 12.8 Å². The molecule has 1 N–H and O–H groups in total. The van der Waals surface area contributed by atoms with Gasteiger partial charge in [0.25, 0.3) is 5.56 Å². The number of thioether (sulfide) groups is 1. The van der Waals surface area contributed by atoms with Crippen LogP contribution in [0.25, 0.3) is 10.9 Å². The average Bonchev–Trinajstić information content (AvgIpc) is 2.76. The van der Waals surface area contributed by atoms with Crippen molar-refractivity contribution < 1.29 is 31.8 Å². The van der Waals surface area contributed by atoms with E-state index in [0.29, 0.717) is 68.7 Å². The van der Waals surface area contributed by atoms with Crippen molar-refractivity contribution in [3.8, 4) is 5.75 Å². The van der Waals surface area contributed by atoms with E-state index in [1.807, 2.05) is 0 Å². The van der Waals surface area contributed by atoms with Crippen molar-refractivity contribution in [3.63, 3.8) is 0 Å². The molecule has 0 spiro atoms. The van der Waals surface area contributed by atoms with Crippen LogP contribution in [-0.2, 0) is 15.2 Å². The number of aromatic nitrogens is 2. The van der Waals surface area contributed by atoms with Crippen LogP contribution in [0.3, 0.4) is 0 Å². The highest BCUT2D eigenvalue weighted by Crippen LogP contribution is 2.34. The third kappa shape index (κ3) is 6.83. The number of fused-ring (bicyclic) bond motifs is 1. The topological polar surface area (TPSA) is 73.4 Å². The van der Waals surface area contributed by atoms with Gasteiger partial charge in [-0.15, -0.1) is 13.2 Å². The number of halogens is 4. The fraction of sp³-hybridized carbons (Fsp3) is 0.636. The lowest BCUT2D eigenvalue weighted by Crippen LogP contribution is -2.29. The lowest BCUT2D eigenvalue weighted by Gasteiger charge is -2.28. The number of alkyl halides is 3. The summed E-state index contributed by atoms with van der Waals surface area (Å²) in [6.45, 7) is 1.82. The number of benzene rings is 1. The van der Waals surface area contributed by atoms with E-state index >= 15 is 0 Å². The third-order valence-electron chi connectivity index (χ3n) is 5.99. The molecule has 1 aliphatic heterocycles. The van der Waals surface area contributed by atoms with Gasteiger partial charge < -0.3 is 14.5 Å². The fourth-order valence-electron chi connectivity index (χ4n) is 4.23. The van der Waals surface area contributed by atoms with Gasteiger partial charge in [-0.1, -0.05) is 0 Å². The van der Waals surface area contributed by atoms with Gasteiger partial charge in [0.15, 0.2) is 0 Å². The molecule has 0 radical (unpaired) electrons. The van der Waals surface area contributed by atoms with Crippen molar-refractivity contribution in [2.45, 2.75) is 62.0 Å². The summed E-state index contributed by atoms with van der Waals surface area (Å²) in [7, 11) is 0. The van der Waals surface area contributed by atoms with Gasteiger partial charge in [-0.2, -0.15) is 11.8 Å². The summed E-state index contributed by atoms with van der Waals surface area (Å²) in [6, 6.07) is 2.77. The predicted octanol–water partition coefficient (Wildman–Crippen LogP) is 4.95. The van der Waals surface area contributed by atoms with E-state index < -0.39 is 23.8 Å². The zero-order chi connectivity index (χ0) is 23.4. The Balaban J connectivity index is 1.37. The number of nitrogens with zero attached hydrogens (tertiary/aromatic N) is 1. The molecule has 2 fully saturated rings. The molecule has 0 unspecified atom stereocenters. The molecule has 0 bridgehead atoms. The van der Waals surface area contributed by atoms with Gasteiger partial charge in [0.1, 0.15) is 22.8 Å². The summed E-state index contributed by atoms with van der Waals surface area (Å²) < 4.78 is 66.9. The smallest absolute Gasteiger partial charge is 0.493 e. The minimum absolute atomic E-state index is 0.119. The first kappa shape index (κ1) is 24.3. The zero-order valence-corrected chi connectivity index (χ0v) is 18.8. The number of rotatable bonds is 7. The minimum Gasteiger partial charge on any atom is -0.493 e. The second kappa shape index (κ2) is 10.6. The lowest BCUT2D eigenvalue weighted by atomic mass is 9.97. The summed E-state index contributed by atoms with van der Waals surface area (Å²) in [5.41, 5.74) is -0.343. The summed E-state index contributed by atoms with van der Waals surface area (Å²) >= 11 is 1.52. The zero-order valence-electron chi connectivity index (χ0n) is 18.0. The quantitative estimate of drug-likeness (QED) is 0.554. The highest BCUT2D eigenvalue weighted by Gasteiger charge is 2.35. The molecule has 1 aromatic heterocycles. The van der Waals surface area contributed by atoms with Crippen LogP contribution in [0.2, 0.25) is 0 Å². The van der Waals surface area contributed by atoms with Gasteiger partial charge in [-0.05, 0) is 44.4 Å². The number of H-pyrrole nitrogens is 1. The first-order valence-corrected chi connectivity index (χ1v) is 12.1. The van der Waals surface area contributed by atoms with Crippen molar-refractivity contribution in [2.24, 2.45) is 5.92 Å². The number of hydrogen-bond acceptors (Lipinski definition) is 6. The molecule has 1 aliphatic carbocycles. The van der Waals surface area contributed by atoms with Crippen molar-refractivity contribution in [1.82, 2.24) is 9.97 Å². The first-order chi connectivity index (χ1) is 15.8. The summed E-state index contributed by atoms with van der Waals surface area (Å²) in [6.07, 6.45) is -1.80. The van der Waals surface area contributed by atoms with E-state index in [-0.39, 0.29) is 16.2 Å². The molecule has 1 saturated heterocycles. The van der Waals surface area contributed by atoms with Crippen LogP contribution in [0.15, 0.2) is 16.9 Å². The van der Waals surface area contributed by atoms with Crippen molar-refractivity contribution in [3.05, 3.63) is 34.1 Å². The number of aromatic amines is 1. The summed E-state index contributed by atoms with van der Waals surface area (Å²) in [5, 5.41) is 0.0249. The maximum absolute atomic E-state index is 14.6. The van der Waals surface area contributed by atoms with Crippen LogP contribution < -0.4 is 10.3 Å². The van der Waals surface area contributed by atoms with Crippen LogP contribution in [0.4, 0.5) is 17.6 Å². The Bertz CT molecular complexity index is 1000. The first-order valence-electron chi connectivity index (χ1n) is 11.1. The van der Waals surface area contributed by atoms with Crippen molar-refractivity contribution in [1.29, 1.82) is 0 Å². The van der Waals surface area contributed by atoms with E-state index in [1.54, 1.807) is 6.07 Å². The van der Waals surface area contributed by atoms with Gasteiger partial charge in [-0.3, -0.25) is 9.53 Å². The van der Waals surface area contributed by atoms with E-state index in [2.05, 4.69) is 14.7 Å². The van der Waals surface area contributed by atoms with E-state index in [9.17, 15) is 22.4 Å². The second-order valence-corrected chi connectivity index (χ2v) is 9.74. The number of hydrogen-bond donors (Lipinski definition) is 1. The summed E-state index contributed by atoms with van der Waals surface area (Å²) in [4.78, 5) is 19.5. The van der Waals surface area contributed by atoms with Crippen molar-refractivity contribution in [2.75, 3.05) is 19.8 Å². The molecule has 2 aromatic rings. The maximum atomic E-state index is 14.6. The lowest BCUT2D eigenvalue weighted by molar-refractivity contribution is -0.345. The standard InChI is InChI=1S/C22H26F4N2O4S/c23-17-9-15(31-11-13-5-7-30-8-6-13)10-18-20(17)21(29)28-19(27-18)12-33-16-3-1-14(2-4-16)32-22(24,25)26/h9-10,13-14,16H,1-8,11-12H2,(H,27,28,29). The molecule has 4 rings (SSSR count). The van der Waals surface area contributed by atoms with Crippen LogP contribution in [0.1, 0.15) is 44.3 Å². The Morgan fingerprint density at radius 3 is 2.55 bits per heavy atom. The molecule has 0 atom stereocenters. The molecule has 6 nitrogen and oxygen atoms in total. The molecular weight excluding hydrogens is 464 g/mol. The van der Waals surface area contributed by atoms with Crippen molar-refractivity contribution >= 4 is 22.7 Å². The van der Waals surface area contributed by atoms with Gasteiger partial charge in [-0.25, -0.2) is 9.37 Å². The normalized spacial score (nSPS) is 22.5. The van der Waals surface area contributed by atoms with Gasteiger partial charge in [0.2, 0.25) is 0 Å². The van der Waals surface area contributed by atoms with E-state index in [1.165, 1.54) is 17.8 Å². The molecule has 33 heavy (non-hydrogen) atoms. The van der Waals surface area contributed by atoms with Gasteiger partial charge >= 0.3 is 6.36 Å². The molecule has 1 saturated carbocycles. The molecule has 2 aliphatic rings. The number of nitrogens with one attached hydrogen (secondary N) is 1. The molecule has 182 valence electrons. The summed E-state index contributed by atoms with van der Waals surface area (Å²) in [5.74, 6) is 0.743. The van der Waals surface area contributed by atoms with Crippen LogP contribution in [0, 0.1) is 11.7 Å². The van der Waals surface area contributed by atoms with E-state index in [4.69, 9.17) is 9.47 Å². The Morgan fingerprint density at radius 1 is 1.12 bits per heavy atom. The Morgan fingerprint density at radius 2 is 1.85 bits per heavy atom. The highest BCUT2D eigenvalue weighted by atomic mass is 32.2. The van der Waals surface area contributed by atoms with Crippen LogP contribution in [0.5, 0.6) is 5.75 Å². The number of ether oxygens (including phenoxy) is 3. The SMILES string of the molecule is O=c1[nH]c(CSC2CCC(OC(F)(F)F)CC2)nc2cc(OCC3CCOCC3)cc(F)c12. The maximum Gasteiger partial charge on any atom is 0.522 e. The molecule has 1 aromatic carbocycles. The van der Waals surface area contributed by atoms with Crippen LogP contribution in [-0.4, -0.2) is 47.5 Å². The second-order valence-electron chi connectivity index (χ2n) is 8.45. The molecule has 2 heterocycles. The molecule has 0 amide bonds. The minimum atomic E-state index is -4.61. The van der Waals surface area contributed by atoms with Gasteiger partial charge in [0.05, 0.1) is 24.0 Å². The average molecular weight is 491 g/mol. The third-order valence-corrected chi connectivity index (χ3v) is 7.37. The largest absolute Gasteiger partial charge is 0.522 e. The highest BCUT2D eigenvalue weighted by molar-refractivity contribution is 7.99. The van der Waals surface area contributed by atoms with Crippen LogP contribution >= 0.6 is 11.8 Å². The van der Waals surface area contributed by atoms with Gasteiger partial charge in [0, 0.05) is 30.6 Å². The fourth-order valence-corrected chi connectivity index (χ4v) is 5.37. The Hall–Kier alpha value is -1.85. The predicted molar refractivity (Wildman–Crippen MR) is 116 cm³/mol. The monoisotopic (exact) mass is 490 g/mol. The molecular formula is C22H26F4N2O4S. The Labute approximate surface area is 192 Å². The Kier molecular flexibility index (Phi) is 7.80. The molecule has 11 heteroatoms.